The molecule has 5 nitrogen and oxygen atoms in total. The number of anilines is 1. The Morgan fingerprint density at radius 2 is 1.91 bits per heavy atom. The Kier molecular flexibility index (Phi) is 5.71. The van der Waals surface area contributed by atoms with Gasteiger partial charge in [0.1, 0.15) is 5.69 Å². The molecule has 0 aliphatic rings. The van der Waals surface area contributed by atoms with Gasteiger partial charge in [0.15, 0.2) is 0 Å². The molecule has 1 N–H and O–H groups in total. The van der Waals surface area contributed by atoms with E-state index in [1.54, 1.807) is 41.3 Å². The highest BCUT2D eigenvalue weighted by molar-refractivity contribution is 6.34. The van der Waals surface area contributed by atoms with E-state index in [1.165, 1.54) is 6.20 Å². The number of amides is 2. The number of nitrogens with one attached hydrogen (secondary N) is 1. The average molecular weight is 332 g/mol. The van der Waals surface area contributed by atoms with Gasteiger partial charge in [-0.2, -0.15) is 0 Å². The summed E-state index contributed by atoms with van der Waals surface area (Å²) in [6.45, 7) is 5.07. The molecular formula is C17H18ClN3O2. The summed E-state index contributed by atoms with van der Waals surface area (Å²) >= 11 is 6.12. The average Bonchev–Trinajstić information content (AvgIpc) is 2.58. The lowest BCUT2D eigenvalue weighted by atomic mass is 10.1. The minimum atomic E-state index is -0.375. The number of benzene rings is 1. The van der Waals surface area contributed by atoms with Gasteiger partial charge in [0, 0.05) is 24.8 Å². The van der Waals surface area contributed by atoms with Gasteiger partial charge in [-0.25, -0.2) is 0 Å². The number of halogens is 1. The van der Waals surface area contributed by atoms with Crippen molar-refractivity contribution in [3.63, 3.8) is 0 Å². The summed E-state index contributed by atoms with van der Waals surface area (Å²) in [5.41, 5.74) is 1.15. The molecule has 0 bridgehead atoms. The SMILES string of the molecule is CCN(CC)C(=O)c1ccc(Cl)c(NC(=O)c2ccccn2)c1. The third kappa shape index (κ3) is 4.07. The summed E-state index contributed by atoms with van der Waals surface area (Å²) in [6.07, 6.45) is 1.54. The van der Waals surface area contributed by atoms with Crippen LogP contribution in [-0.4, -0.2) is 34.8 Å². The van der Waals surface area contributed by atoms with Gasteiger partial charge in [0.05, 0.1) is 10.7 Å². The van der Waals surface area contributed by atoms with Crippen molar-refractivity contribution in [3.05, 3.63) is 58.9 Å². The highest BCUT2D eigenvalue weighted by Crippen LogP contribution is 2.24. The second kappa shape index (κ2) is 7.74. The second-order valence-electron chi connectivity index (χ2n) is 4.84. The first-order chi connectivity index (χ1) is 11.1. The Labute approximate surface area is 140 Å². The van der Waals surface area contributed by atoms with Crippen LogP contribution in [-0.2, 0) is 0 Å². The molecule has 1 aromatic carbocycles. The van der Waals surface area contributed by atoms with E-state index >= 15 is 0 Å². The zero-order valence-electron chi connectivity index (χ0n) is 13.0. The molecule has 23 heavy (non-hydrogen) atoms. The van der Waals surface area contributed by atoms with Gasteiger partial charge < -0.3 is 10.2 Å². The minimum absolute atomic E-state index is 0.0972. The lowest BCUT2D eigenvalue weighted by molar-refractivity contribution is 0.0772. The number of hydrogen-bond donors (Lipinski definition) is 1. The van der Waals surface area contributed by atoms with Crippen LogP contribution in [0.3, 0.4) is 0 Å². The zero-order valence-corrected chi connectivity index (χ0v) is 13.8. The molecule has 0 spiro atoms. The molecule has 2 amide bonds. The number of rotatable bonds is 5. The van der Waals surface area contributed by atoms with E-state index in [0.717, 1.165) is 0 Å². The number of pyridine rings is 1. The van der Waals surface area contributed by atoms with Crippen LogP contribution in [0, 0.1) is 0 Å². The van der Waals surface area contributed by atoms with E-state index in [4.69, 9.17) is 11.6 Å². The number of aromatic nitrogens is 1. The fourth-order valence-electron chi connectivity index (χ4n) is 2.13. The van der Waals surface area contributed by atoms with Crippen molar-refractivity contribution < 1.29 is 9.59 Å². The summed E-state index contributed by atoms with van der Waals surface area (Å²) in [7, 11) is 0. The largest absolute Gasteiger partial charge is 0.339 e. The van der Waals surface area contributed by atoms with E-state index in [1.807, 2.05) is 13.8 Å². The van der Waals surface area contributed by atoms with Crippen molar-refractivity contribution in [2.24, 2.45) is 0 Å². The molecule has 0 fully saturated rings. The van der Waals surface area contributed by atoms with Gasteiger partial charge in [-0.1, -0.05) is 17.7 Å². The molecule has 0 unspecified atom stereocenters. The number of hydrogen-bond acceptors (Lipinski definition) is 3. The maximum absolute atomic E-state index is 12.4. The maximum Gasteiger partial charge on any atom is 0.274 e. The molecule has 0 saturated heterocycles. The summed E-state index contributed by atoms with van der Waals surface area (Å²) < 4.78 is 0. The van der Waals surface area contributed by atoms with Gasteiger partial charge in [-0.05, 0) is 44.2 Å². The first-order valence-electron chi connectivity index (χ1n) is 7.38. The normalized spacial score (nSPS) is 10.2. The fourth-order valence-corrected chi connectivity index (χ4v) is 2.30. The zero-order chi connectivity index (χ0) is 16.8. The Balaban J connectivity index is 2.24. The lowest BCUT2D eigenvalue weighted by Crippen LogP contribution is -2.30. The van der Waals surface area contributed by atoms with E-state index in [2.05, 4.69) is 10.3 Å². The third-order valence-corrected chi connectivity index (χ3v) is 3.74. The van der Waals surface area contributed by atoms with Crippen LogP contribution in [0.15, 0.2) is 42.6 Å². The second-order valence-corrected chi connectivity index (χ2v) is 5.25. The quantitative estimate of drug-likeness (QED) is 0.912. The van der Waals surface area contributed by atoms with E-state index in [9.17, 15) is 9.59 Å². The molecule has 0 atom stereocenters. The molecule has 1 aromatic heterocycles. The molecular weight excluding hydrogens is 314 g/mol. The number of carbonyl (C=O) groups excluding carboxylic acids is 2. The molecule has 0 saturated carbocycles. The highest BCUT2D eigenvalue weighted by Gasteiger charge is 2.15. The molecule has 2 aromatic rings. The first kappa shape index (κ1) is 17.0. The van der Waals surface area contributed by atoms with Gasteiger partial charge in [0.25, 0.3) is 11.8 Å². The number of carbonyl (C=O) groups is 2. The van der Waals surface area contributed by atoms with Crippen LogP contribution < -0.4 is 5.32 Å². The van der Waals surface area contributed by atoms with Crippen molar-refractivity contribution in [1.29, 1.82) is 0 Å². The standard InChI is InChI=1S/C17H18ClN3O2/c1-3-21(4-2)17(23)12-8-9-13(18)15(11-12)20-16(22)14-7-5-6-10-19-14/h5-11H,3-4H2,1-2H3,(H,20,22). The Hall–Kier alpha value is -2.40. The minimum Gasteiger partial charge on any atom is -0.339 e. The van der Waals surface area contributed by atoms with Crippen LogP contribution >= 0.6 is 11.6 Å². The van der Waals surface area contributed by atoms with E-state index < -0.39 is 0 Å². The summed E-state index contributed by atoms with van der Waals surface area (Å²) in [5.74, 6) is -0.472. The molecule has 120 valence electrons. The predicted molar refractivity (Wildman–Crippen MR) is 90.9 cm³/mol. The van der Waals surface area contributed by atoms with Gasteiger partial charge in [-0.3, -0.25) is 14.6 Å². The third-order valence-electron chi connectivity index (χ3n) is 3.41. The molecule has 0 aliphatic heterocycles. The molecule has 0 radical (unpaired) electrons. The molecule has 0 aliphatic carbocycles. The lowest BCUT2D eigenvalue weighted by Gasteiger charge is -2.19. The summed E-state index contributed by atoms with van der Waals surface area (Å²) in [6, 6.07) is 9.90. The molecule has 6 heteroatoms. The van der Waals surface area contributed by atoms with Crippen molar-refractivity contribution in [2.75, 3.05) is 18.4 Å². The van der Waals surface area contributed by atoms with Crippen molar-refractivity contribution in [2.45, 2.75) is 13.8 Å². The Morgan fingerprint density at radius 3 is 2.52 bits per heavy atom. The van der Waals surface area contributed by atoms with Gasteiger partial charge in [0.2, 0.25) is 0 Å². The van der Waals surface area contributed by atoms with Crippen LogP contribution in [0.2, 0.25) is 5.02 Å². The number of nitrogens with zero attached hydrogens (tertiary/aromatic N) is 2. The topological polar surface area (TPSA) is 62.3 Å². The molecule has 2 rings (SSSR count). The Morgan fingerprint density at radius 1 is 1.17 bits per heavy atom. The predicted octanol–water partition coefficient (Wildman–Crippen LogP) is 3.47. The van der Waals surface area contributed by atoms with Crippen molar-refractivity contribution >= 4 is 29.1 Å². The maximum atomic E-state index is 12.4. The molecule has 1 heterocycles. The monoisotopic (exact) mass is 331 g/mol. The van der Waals surface area contributed by atoms with E-state index in [0.29, 0.717) is 29.4 Å². The fraction of sp³-hybridized carbons (Fsp3) is 0.235. The van der Waals surface area contributed by atoms with Crippen LogP contribution in [0.4, 0.5) is 5.69 Å². The van der Waals surface area contributed by atoms with Crippen LogP contribution in [0.1, 0.15) is 34.7 Å². The van der Waals surface area contributed by atoms with Crippen LogP contribution in [0.5, 0.6) is 0 Å². The smallest absolute Gasteiger partial charge is 0.274 e. The van der Waals surface area contributed by atoms with Gasteiger partial charge >= 0.3 is 0 Å². The highest BCUT2D eigenvalue weighted by atomic mass is 35.5. The first-order valence-corrected chi connectivity index (χ1v) is 7.75. The van der Waals surface area contributed by atoms with E-state index in [-0.39, 0.29) is 17.5 Å². The summed E-state index contributed by atoms with van der Waals surface area (Å²) in [4.78, 5) is 30.2. The summed E-state index contributed by atoms with van der Waals surface area (Å²) in [5, 5.41) is 3.06. The van der Waals surface area contributed by atoms with Crippen molar-refractivity contribution in [3.8, 4) is 0 Å². The Bertz CT molecular complexity index is 700. The van der Waals surface area contributed by atoms with Crippen molar-refractivity contribution in [1.82, 2.24) is 9.88 Å². The van der Waals surface area contributed by atoms with Crippen LogP contribution in [0.25, 0.3) is 0 Å². The van der Waals surface area contributed by atoms with Gasteiger partial charge in [-0.15, -0.1) is 0 Å².